The van der Waals surface area contributed by atoms with Gasteiger partial charge >= 0.3 is 0 Å². The van der Waals surface area contributed by atoms with Gasteiger partial charge in [-0.3, -0.25) is 14.4 Å². The van der Waals surface area contributed by atoms with E-state index in [1.807, 2.05) is 13.8 Å². The smallest absolute Gasteiger partial charge is 0.245 e. The van der Waals surface area contributed by atoms with Crippen molar-refractivity contribution in [1.82, 2.24) is 10.6 Å². The third-order valence-electron chi connectivity index (χ3n) is 5.06. The number of unbranched alkanes of at least 4 members (excludes halogenated alkanes) is 2. The molecular weight excluding hydrogens is 376 g/mol. The van der Waals surface area contributed by atoms with Crippen molar-refractivity contribution in [3.05, 3.63) is 0 Å². The van der Waals surface area contributed by atoms with E-state index < -0.39 is 36.8 Å². The Bertz CT molecular complexity index is 545. The maximum atomic E-state index is 12.7. The van der Waals surface area contributed by atoms with Crippen molar-refractivity contribution >= 4 is 17.6 Å². The zero-order valence-corrected chi connectivity index (χ0v) is 18.2. The Morgan fingerprint density at radius 3 is 2.10 bits per heavy atom. The second-order valence-corrected chi connectivity index (χ2v) is 8.79. The SMILES string of the molecule is CC(C)CCCCCC(=O)N[C@@H](CO)C(=O)N[C@@H](CC(C)C)C(=O)[C@]1(CO)CO1. The van der Waals surface area contributed by atoms with Crippen molar-refractivity contribution in [3.8, 4) is 0 Å². The highest BCUT2D eigenvalue weighted by Gasteiger charge is 2.54. The fraction of sp³-hybridized carbons (Fsp3) is 0.857. The maximum Gasteiger partial charge on any atom is 0.245 e. The number of ketones is 1. The fourth-order valence-electron chi connectivity index (χ4n) is 3.17. The van der Waals surface area contributed by atoms with Gasteiger partial charge in [0.05, 0.1) is 25.9 Å². The molecule has 2 amide bonds. The number of aliphatic hydroxyl groups excluding tert-OH is 2. The standard InChI is InChI=1S/C21H38N2O6/c1-14(2)8-6-5-7-9-18(26)22-17(11-24)20(28)23-16(10-15(3)4)19(27)21(12-25)13-29-21/h14-17,24-25H,5-13H2,1-4H3,(H,22,26)(H,23,28)/t16-,17-,21-/m0/s1. The molecule has 1 aliphatic heterocycles. The Labute approximate surface area is 173 Å². The van der Waals surface area contributed by atoms with Crippen molar-refractivity contribution in [1.29, 1.82) is 0 Å². The van der Waals surface area contributed by atoms with Gasteiger partial charge in [-0.15, -0.1) is 0 Å². The average Bonchev–Trinajstić information content (AvgIpc) is 3.45. The van der Waals surface area contributed by atoms with Gasteiger partial charge in [0, 0.05) is 6.42 Å². The first-order chi connectivity index (χ1) is 13.6. The lowest BCUT2D eigenvalue weighted by molar-refractivity contribution is -0.134. The van der Waals surface area contributed by atoms with E-state index in [4.69, 9.17) is 4.74 Å². The molecule has 0 saturated carbocycles. The van der Waals surface area contributed by atoms with Crippen LogP contribution in [0.2, 0.25) is 0 Å². The van der Waals surface area contributed by atoms with Gasteiger partial charge in [-0.25, -0.2) is 0 Å². The number of ether oxygens (including phenoxy) is 1. The number of aliphatic hydroxyl groups is 2. The minimum absolute atomic E-state index is 0.117. The lowest BCUT2D eigenvalue weighted by atomic mass is 9.92. The van der Waals surface area contributed by atoms with Crippen molar-refractivity contribution in [3.63, 3.8) is 0 Å². The van der Waals surface area contributed by atoms with Crippen molar-refractivity contribution < 1.29 is 29.3 Å². The molecule has 0 aromatic carbocycles. The van der Waals surface area contributed by atoms with Crippen LogP contribution in [0.1, 0.15) is 66.2 Å². The van der Waals surface area contributed by atoms with Gasteiger partial charge in [0.15, 0.2) is 11.4 Å². The summed E-state index contributed by atoms with van der Waals surface area (Å²) >= 11 is 0. The summed E-state index contributed by atoms with van der Waals surface area (Å²) in [5.41, 5.74) is -1.24. The molecule has 0 aromatic rings. The van der Waals surface area contributed by atoms with Crippen LogP contribution in [0.3, 0.4) is 0 Å². The van der Waals surface area contributed by atoms with E-state index in [-0.39, 0.29) is 30.6 Å². The molecule has 168 valence electrons. The molecule has 1 fully saturated rings. The summed E-state index contributed by atoms with van der Waals surface area (Å²) in [5, 5.41) is 24.1. The third kappa shape index (κ3) is 8.80. The van der Waals surface area contributed by atoms with Gasteiger partial charge in [0.1, 0.15) is 6.04 Å². The normalized spacial score (nSPS) is 20.4. The van der Waals surface area contributed by atoms with E-state index in [0.29, 0.717) is 12.3 Å². The van der Waals surface area contributed by atoms with Crippen LogP contribution >= 0.6 is 0 Å². The number of hydrogen-bond acceptors (Lipinski definition) is 6. The summed E-state index contributed by atoms with van der Waals surface area (Å²) in [6.45, 7) is 7.28. The third-order valence-corrected chi connectivity index (χ3v) is 5.06. The molecule has 0 spiro atoms. The number of hydrogen-bond donors (Lipinski definition) is 4. The molecule has 0 bridgehead atoms. The minimum Gasteiger partial charge on any atom is -0.394 e. The van der Waals surface area contributed by atoms with Crippen molar-refractivity contribution in [2.75, 3.05) is 19.8 Å². The predicted octanol–water partition coefficient (Wildman–Crippen LogP) is 0.931. The molecule has 8 nitrogen and oxygen atoms in total. The van der Waals surface area contributed by atoms with E-state index in [1.165, 1.54) is 0 Å². The van der Waals surface area contributed by atoms with E-state index in [1.54, 1.807) is 0 Å². The number of carbonyl (C=O) groups excluding carboxylic acids is 3. The van der Waals surface area contributed by atoms with Gasteiger partial charge in [-0.1, -0.05) is 47.0 Å². The molecule has 1 heterocycles. The number of nitrogens with one attached hydrogen (secondary N) is 2. The molecule has 0 radical (unpaired) electrons. The zero-order chi connectivity index (χ0) is 22.0. The summed E-state index contributed by atoms with van der Waals surface area (Å²) in [7, 11) is 0. The van der Waals surface area contributed by atoms with Gasteiger partial charge in [-0.2, -0.15) is 0 Å². The summed E-state index contributed by atoms with van der Waals surface area (Å²) in [6.07, 6.45) is 4.50. The molecular formula is C21H38N2O6. The number of epoxide rings is 1. The van der Waals surface area contributed by atoms with Crippen molar-refractivity contribution in [2.24, 2.45) is 11.8 Å². The molecule has 1 saturated heterocycles. The monoisotopic (exact) mass is 414 g/mol. The summed E-state index contributed by atoms with van der Waals surface area (Å²) in [6, 6.07) is -1.97. The molecule has 8 heteroatoms. The van der Waals surface area contributed by atoms with Crippen LogP contribution < -0.4 is 10.6 Å². The van der Waals surface area contributed by atoms with Crippen molar-refractivity contribution in [2.45, 2.75) is 83.9 Å². The van der Waals surface area contributed by atoms with E-state index in [2.05, 4.69) is 24.5 Å². The minimum atomic E-state index is -1.24. The van der Waals surface area contributed by atoms with Crippen LogP contribution in [0.4, 0.5) is 0 Å². The Kier molecular flexibility index (Phi) is 10.8. The van der Waals surface area contributed by atoms with Crippen LogP contribution in [-0.2, 0) is 19.1 Å². The fourth-order valence-corrected chi connectivity index (χ4v) is 3.17. The van der Waals surface area contributed by atoms with Gasteiger partial charge < -0.3 is 25.6 Å². The molecule has 0 aromatic heterocycles. The number of carbonyl (C=O) groups is 3. The lowest BCUT2D eigenvalue weighted by Crippen LogP contribution is -2.55. The summed E-state index contributed by atoms with van der Waals surface area (Å²) in [5.74, 6) is -0.540. The Hall–Kier alpha value is -1.51. The van der Waals surface area contributed by atoms with Crippen LogP contribution in [0.15, 0.2) is 0 Å². The molecule has 0 unspecified atom stereocenters. The first-order valence-corrected chi connectivity index (χ1v) is 10.6. The molecule has 29 heavy (non-hydrogen) atoms. The van der Waals surface area contributed by atoms with Gasteiger partial charge in [-0.05, 0) is 24.7 Å². The highest BCUT2D eigenvalue weighted by molar-refractivity contribution is 5.98. The second kappa shape index (κ2) is 12.2. The van der Waals surface area contributed by atoms with Gasteiger partial charge in [0.2, 0.25) is 11.8 Å². The molecule has 4 N–H and O–H groups in total. The van der Waals surface area contributed by atoms with E-state index >= 15 is 0 Å². The molecule has 0 aliphatic carbocycles. The molecule has 1 aliphatic rings. The average molecular weight is 415 g/mol. The first kappa shape index (κ1) is 25.5. The highest BCUT2D eigenvalue weighted by Crippen LogP contribution is 2.30. The molecule has 1 rings (SSSR count). The van der Waals surface area contributed by atoms with Crippen LogP contribution in [-0.4, -0.2) is 65.3 Å². The van der Waals surface area contributed by atoms with Crippen LogP contribution in [0.25, 0.3) is 0 Å². The Morgan fingerprint density at radius 2 is 1.62 bits per heavy atom. The quantitative estimate of drug-likeness (QED) is 0.233. The maximum absolute atomic E-state index is 12.7. The summed E-state index contributed by atoms with van der Waals surface area (Å²) < 4.78 is 5.11. The highest BCUT2D eigenvalue weighted by atomic mass is 16.6. The number of Topliss-reactive ketones (excluding diaryl/α,β-unsaturated/α-hetero) is 1. The number of rotatable bonds is 15. The Morgan fingerprint density at radius 1 is 0.966 bits per heavy atom. The second-order valence-electron chi connectivity index (χ2n) is 8.79. The lowest BCUT2D eigenvalue weighted by Gasteiger charge is -2.24. The topological polar surface area (TPSA) is 128 Å². The number of amides is 2. The van der Waals surface area contributed by atoms with Crippen LogP contribution in [0, 0.1) is 11.8 Å². The van der Waals surface area contributed by atoms with E-state index in [9.17, 15) is 24.6 Å². The van der Waals surface area contributed by atoms with Crippen LogP contribution in [0.5, 0.6) is 0 Å². The molecule has 3 atom stereocenters. The zero-order valence-electron chi connectivity index (χ0n) is 18.2. The Balaban J connectivity index is 2.55. The first-order valence-electron chi connectivity index (χ1n) is 10.6. The summed E-state index contributed by atoms with van der Waals surface area (Å²) in [4.78, 5) is 37.3. The van der Waals surface area contributed by atoms with Gasteiger partial charge in [0.25, 0.3) is 0 Å². The predicted molar refractivity (Wildman–Crippen MR) is 109 cm³/mol. The van der Waals surface area contributed by atoms with E-state index in [0.717, 1.165) is 25.7 Å². The largest absolute Gasteiger partial charge is 0.394 e.